The molecule has 2 saturated carbocycles. The van der Waals surface area contributed by atoms with Gasteiger partial charge in [0.25, 0.3) is 0 Å². The van der Waals surface area contributed by atoms with Crippen LogP contribution in [0.4, 0.5) is 0 Å². The Labute approximate surface area is 120 Å². The number of hydrogen-bond acceptors (Lipinski definition) is 3. The first-order chi connectivity index (χ1) is 9.26. The predicted molar refractivity (Wildman–Crippen MR) is 80.6 cm³/mol. The zero-order valence-corrected chi connectivity index (χ0v) is 12.8. The SMILES string of the molecule is CCOC1CC(N[C@H](C)c2cccs2)C12CCCC2. The third-order valence-corrected chi connectivity index (χ3v) is 6.16. The molecule has 3 heteroatoms. The smallest absolute Gasteiger partial charge is 0.0661 e. The molecule has 0 aromatic carbocycles. The summed E-state index contributed by atoms with van der Waals surface area (Å²) in [7, 11) is 0. The summed E-state index contributed by atoms with van der Waals surface area (Å²) >= 11 is 1.86. The lowest BCUT2D eigenvalue weighted by Gasteiger charge is -2.55. The summed E-state index contributed by atoms with van der Waals surface area (Å²) in [5.74, 6) is 0. The lowest BCUT2D eigenvalue weighted by molar-refractivity contribution is -0.132. The normalized spacial score (nSPS) is 30.4. The van der Waals surface area contributed by atoms with Crippen LogP contribution in [0.25, 0.3) is 0 Å². The van der Waals surface area contributed by atoms with Crippen LogP contribution in [0.15, 0.2) is 17.5 Å². The Hall–Kier alpha value is -0.380. The summed E-state index contributed by atoms with van der Waals surface area (Å²) in [6.45, 7) is 5.28. The number of hydrogen-bond donors (Lipinski definition) is 1. The van der Waals surface area contributed by atoms with Crippen molar-refractivity contribution >= 4 is 11.3 Å². The molecule has 3 atom stereocenters. The van der Waals surface area contributed by atoms with Crippen LogP contribution >= 0.6 is 11.3 Å². The fraction of sp³-hybridized carbons (Fsp3) is 0.750. The van der Waals surface area contributed by atoms with Gasteiger partial charge in [0, 0.05) is 29.0 Å². The average molecular weight is 279 g/mol. The third-order valence-electron chi connectivity index (χ3n) is 5.11. The van der Waals surface area contributed by atoms with Gasteiger partial charge >= 0.3 is 0 Å². The molecule has 1 spiro atoms. The minimum absolute atomic E-state index is 0.446. The fourth-order valence-electron chi connectivity index (χ4n) is 4.04. The average Bonchev–Trinajstić information content (AvgIpc) is 3.09. The first-order valence-corrected chi connectivity index (χ1v) is 8.55. The van der Waals surface area contributed by atoms with Crippen LogP contribution < -0.4 is 5.32 Å². The monoisotopic (exact) mass is 279 g/mol. The van der Waals surface area contributed by atoms with E-state index in [2.05, 4.69) is 36.7 Å². The van der Waals surface area contributed by atoms with E-state index in [1.54, 1.807) is 0 Å². The van der Waals surface area contributed by atoms with Gasteiger partial charge in [0.05, 0.1) is 6.10 Å². The van der Waals surface area contributed by atoms with Gasteiger partial charge in [-0.25, -0.2) is 0 Å². The zero-order chi connectivity index (χ0) is 13.3. The number of rotatable bonds is 5. The second kappa shape index (κ2) is 5.55. The van der Waals surface area contributed by atoms with Crippen molar-refractivity contribution in [2.75, 3.05) is 6.61 Å². The molecule has 2 aliphatic carbocycles. The lowest BCUT2D eigenvalue weighted by atomic mass is 9.60. The topological polar surface area (TPSA) is 21.3 Å². The molecule has 19 heavy (non-hydrogen) atoms. The van der Waals surface area contributed by atoms with Crippen LogP contribution in [-0.4, -0.2) is 18.8 Å². The molecule has 0 amide bonds. The van der Waals surface area contributed by atoms with Gasteiger partial charge in [-0.05, 0) is 44.6 Å². The fourth-order valence-corrected chi connectivity index (χ4v) is 4.79. The van der Waals surface area contributed by atoms with Gasteiger partial charge in [0.15, 0.2) is 0 Å². The molecule has 1 heterocycles. The molecule has 1 aromatic rings. The van der Waals surface area contributed by atoms with E-state index in [1.807, 2.05) is 11.3 Å². The quantitative estimate of drug-likeness (QED) is 0.874. The van der Waals surface area contributed by atoms with E-state index in [0.29, 0.717) is 23.6 Å². The highest BCUT2D eigenvalue weighted by Gasteiger charge is 2.56. The summed E-state index contributed by atoms with van der Waals surface area (Å²) in [6, 6.07) is 5.52. The van der Waals surface area contributed by atoms with Crippen molar-refractivity contribution in [1.29, 1.82) is 0 Å². The van der Waals surface area contributed by atoms with Gasteiger partial charge in [0.2, 0.25) is 0 Å². The van der Waals surface area contributed by atoms with Crippen LogP contribution in [0.1, 0.15) is 56.9 Å². The summed E-state index contributed by atoms with van der Waals surface area (Å²) in [5.41, 5.74) is 0.446. The summed E-state index contributed by atoms with van der Waals surface area (Å²) in [5, 5.41) is 6.04. The highest BCUT2D eigenvalue weighted by Crippen LogP contribution is 2.55. The maximum Gasteiger partial charge on any atom is 0.0661 e. The maximum absolute atomic E-state index is 5.98. The van der Waals surface area contributed by atoms with E-state index in [9.17, 15) is 0 Å². The zero-order valence-electron chi connectivity index (χ0n) is 12.0. The molecular formula is C16H25NOS. The van der Waals surface area contributed by atoms with Gasteiger partial charge in [-0.3, -0.25) is 0 Å². The molecule has 1 aromatic heterocycles. The Morgan fingerprint density at radius 3 is 2.89 bits per heavy atom. The largest absolute Gasteiger partial charge is 0.378 e. The van der Waals surface area contributed by atoms with Crippen molar-refractivity contribution in [1.82, 2.24) is 5.32 Å². The maximum atomic E-state index is 5.98. The second-order valence-electron chi connectivity index (χ2n) is 6.08. The summed E-state index contributed by atoms with van der Waals surface area (Å²) < 4.78 is 5.98. The molecule has 0 radical (unpaired) electrons. The first-order valence-electron chi connectivity index (χ1n) is 7.67. The second-order valence-corrected chi connectivity index (χ2v) is 7.06. The van der Waals surface area contributed by atoms with E-state index >= 15 is 0 Å². The van der Waals surface area contributed by atoms with Gasteiger partial charge in [-0.15, -0.1) is 11.3 Å². The van der Waals surface area contributed by atoms with Crippen molar-refractivity contribution in [2.45, 2.75) is 64.1 Å². The molecule has 106 valence electrons. The van der Waals surface area contributed by atoms with Crippen LogP contribution in [-0.2, 0) is 4.74 Å². The molecule has 0 saturated heterocycles. The summed E-state index contributed by atoms with van der Waals surface area (Å²) in [6.07, 6.45) is 7.18. The Balaban J connectivity index is 1.65. The number of nitrogens with one attached hydrogen (secondary N) is 1. The Morgan fingerprint density at radius 1 is 1.47 bits per heavy atom. The summed E-state index contributed by atoms with van der Waals surface area (Å²) in [4.78, 5) is 1.45. The van der Waals surface area contributed by atoms with Crippen molar-refractivity contribution in [2.24, 2.45) is 5.41 Å². The lowest BCUT2D eigenvalue weighted by Crippen LogP contribution is -2.62. The van der Waals surface area contributed by atoms with Gasteiger partial charge in [0.1, 0.15) is 0 Å². The molecule has 0 aliphatic heterocycles. The van der Waals surface area contributed by atoms with Crippen molar-refractivity contribution in [3.8, 4) is 0 Å². The minimum atomic E-state index is 0.446. The van der Waals surface area contributed by atoms with Crippen molar-refractivity contribution in [3.63, 3.8) is 0 Å². The van der Waals surface area contributed by atoms with E-state index in [0.717, 1.165) is 6.61 Å². The van der Waals surface area contributed by atoms with Crippen molar-refractivity contribution < 1.29 is 4.74 Å². The van der Waals surface area contributed by atoms with E-state index < -0.39 is 0 Å². The number of ether oxygens (including phenoxy) is 1. The van der Waals surface area contributed by atoms with Crippen molar-refractivity contribution in [3.05, 3.63) is 22.4 Å². The Bertz CT molecular complexity index is 397. The molecular weight excluding hydrogens is 254 g/mol. The minimum Gasteiger partial charge on any atom is -0.378 e. The predicted octanol–water partition coefficient (Wildman–Crippen LogP) is 4.14. The molecule has 3 rings (SSSR count). The highest BCUT2D eigenvalue weighted by molar-refractivity contribution is 7.10. The van der Waals surface area contributed by atoms with Gasteiger partial charge < -0.3 is 10.1 Å². The third kappa shape index (κ3) is 2.37. The van der Waals surface area contributed by atoms with Crippen LogP contribution in [0.2, 0.25) is 0 Å². The molecule has 2 nitrogen and oxygen atoms in total. The molecule has 2 unspecified atom stereocenters. The molecule has 0 bridgehead atoms. The number of thiophene rings is 1. The molecule has 2 fully saturated rings. The van der Waals surface area contributed by atoms with Gasteiger partial charge in [-0.1, -0.05) is 18.9 Å². The highest BCUT2D eigenvalue weighted by atomic mass is 32.1. The van der Waals surface area contributed by atoms with Crippen LogP contribution in [0.5, 0.6) is 0 Å². The molecule has 1 N–H and O–H groups in total. The van der Waals surface area contributed by atoms with Gasteiger partial charge in [-0.2, -0.15) is 0 Å². The van der Waals surface area contributed by atoms with Crippen LogP contribution in [0.3, 0.4) is 0 Å². The first kappa shape index (κ1) is 13.6. The van der Waals surface area contributed by atoms with E-state index in [1.165, 1.54) is 37.0 Å². The van der Waals surface area contributed by atoms with E-state index in [-0.39, 0.29) is 0 Å². The molecule has 2 aliphatic rings. The Kier molecular flexibility index (Phi) is 3.97. The standard InChI is InChI=1S/C16H25NOS/c1-3-18-15-11-14(16(15)8-4-5-9-16)17-12(2)13-7-6-10-19-13/h6-7,10,12,14-15,17H,3-5,8-9,11H2,1-2H3/t12-,14?,15?/m1/s1. The van der Waals surface area contributed by atoms with Crippen LogP contribution in [0, 0.1) is 5.41 Å². The van der Waals surface area contributed by atoms with E-state index in [4.69, 9.17) is 4.74 Å². The Morgan fingerprint density at radius 2 is 2.26 bits per heavy atom.